The molecule has 1 aromatic heterocycles. The number of hydrogen-bond donors (Lipinski definition) is 2. The van der Waals surface area contributed by atoms with Crippen LogP contribution in [0.2, 0.25) is 0 Å². The van der Waals surface area contributed by atoms with Gasteiger partial charge in [0.15, 0.2) is 0 Å². The van der Waals surface area contributed by atoms with Gasteiger partial charge in [0.2, 0.25) is 0 Å². The summed E-state index contributed by atoms with van der Waals surface area (Å²) in [6.45, 7) is -0.714. The van der Waals surface area contributed by atoms with Crippen molar-refractivity contribution in [3.8, 4) is 0 Å². The standard InChI is InChI=1S/C9H7F3N2O4/c10-9(11,12)8(18)13-5-2-1-3-14(7(5)17)4-6(15)16/h1-3H,4H2,(H,13,18)(H,15,16). The fraction of sp³-hybridized carbons (Fsp3) is 0.222. The number of nitrogens with zero attached hydrogens (tertiary/aromatic N) is 1. The summed E-state index contributed by atoms with van der Waals surface area (Å²) >= 11 is 0. The quantitative estimate of drug-likeness (QED) is 0.828. The van der Waals surface area contributed by atoms with Gasteiger partial charge >= 0.3 is 18.1 Å². The maximum absolute atomic E-state index is 12.0. The molecule has 98 valence electrons. The Morgan fingerprint density at radius 2 is 2.00 bits per heavy atom. The van der Waals surface area contributed by atoms with Gasteiger partial charge in [-0.25, -0.2) is 0 Å². The highest BCUT2D eigenvalue weighted by molar-refractivity contribution is 5.94. The molecule has 0 radical (unpaired) electrons. The molecule has 0 unspecified atom stereocenters. The van der Waals surface area contributed by atoms with Crippen LogP contribution in [-0.2, 0) is 16.1 Å². The van der Waals surface area contributed by atoms with Gasteiger partial charge in [0.25, 0.3) is 5.56 Å². The van der Waals surface area contributed by atoms with Crippen molar-refractivity contribution in [2.24, 2.45) is 0 Å². The number of aromatic nitrogens is 1. The molecule has 6 nitrogen and oxygen atoms in total. The molecule has 0 aliphatic rings. The fourth-order valence-corrected chi connectivity index (χ4v) is 1.10. The van der Waals surface area contributed by atoms with E-state index in [-0.39, 0.29) is 0 Å². The number of carboxylic acids is 1. The molecule has 1 heterocycles. The largest absolute Gasteiger partial charge is 0.480 e. The van der Waals surface area contributed by atoms with E-state index in [1.807, 2.05) is 0 Å². The molecular weight excluding hydrogens is 257 g/mol. The first-order valence-corrected chi connectivity index (χ1v) is 4.51. The molecule has 0 aromatic carbocycles. The second-order valence-corrected chi connectivity index (χ2v) is 3.20. The zero-order valence-electron chi connectivity index (χ0n) is 8.69. The van der Waals surface area contributed by atoms with Crippen LogP contribution < -0.4 is 10.9 Å². The smallest absolute Gasteiger partial charge is 0.471 e. The van der Waals surface area contributed by atoms with Crippen molar-refractivity contribution in [2.75, 3.05) is 5.32 Å². The van der Waals surface area contributed by atoms with Crippen LogP contribution in [0.3, 0.4) is 0 Å². The number of nitrogens with one attached hydrogen (secondary N) is 1. The Kier molecular flexibility index (Phi) is 3.74. The van der Waals surface area contributed by atoms with Gasteiger partial charge in [-0.05, 0) is 12.1 Å². The van der Waals surface area contributed by atoms with Crippen LogP contribution in [0, 0.1) is 0 Å². The van der Waals surface area contributed by atoms with Crippen molar-refractivity contribution in [3.63, 3.8) is 0 Å². The van der Waals surface area contributed by atoms with Crippen LogP contribution in [0.15, 0.2) is 23.1 Å². The van der Waals surface area contributed by atoms with E-state index in [2.05, 4.69) is 0 Å². The molecule has 0 saturated heterocycles. The first-order chi connectivity index (χ1) is 8.21. The van der Waals surface area contributed by atoms with E-state index in [1.54, 1.807) is 0 Å². The minimum Gasteiger partial charge on any atom is -0.480 e. The van der Waals surface area contributed by atoms with Gasteiger partial charge in [-0.15, -0.1) is 0 Å². The zero-order valence-corrected chi connectivity index (χ0v) is 8.69. The minimum absolute atomic E-state index is 0.638. The molecule has 0 atom stereocenters. The average Bonchev–Trinajstić information content (AvgIpc) is 2.21. The first-order valence-electron chi connectivity index (χ1n) is 4.51. The lowest BCUT2D eigenvalue weighted by Gasteiger charge is -2.09. The highest BCUT2D eigenvalue weighted by atomic mass is 19.4. The van der Waals surface area contributed by atoms with E-state index in [0.29, 0.717) is 4.57 Å². The Bertz CT molecular complexity index is 535. The van der Waals surface area contributed by atoms with Gasteiger partial charge in [0, 0.05) is 6.20 Å². The van der Waals surface area contributed by atoms with Crippen molar-refractivity contribution in [1.82, 2.24) is 4.57 Å². The van der Waals surface area contributed by atoms with Crippen LogP contribution in [-0.4, -0.2) is 27.7 Å². The van der Waals surface area contributed by atoms with Crippen LogP contribution in [0.5, 0.6) is 0 Å². The predicted molar refractivity (Wildman–Crippen MR) is 53.0 cm³/mol. The number of hydrogen-bond acceptors (Lipinski definition) is 3. The van der Waals surface area contributed by atoms with E-state index < -0.39 is 35.8 Å². The first kappa shape index (κ1) is 13.7. The Morgan fingerprint density at radius 3 is 2.50 bits per heavy atom. The normalized spacial score (nSPS) is 11.1. The Balaban J connectivity index is 3.02. The maximum atomic E-state index is 12.0. The summed E-state index contributed by atoms with van der Waals surface area (Å²) < 4.78 is 36.5. The summed E-state index contributed by atoms with van der Waals surface area (Å²) in [6.07, 6.45) is -4.04. The topological polar surface area (TPSA) is 88.4 Å². The van der Waals surface area contributed by atoms with Gasteiger partial charge in [0.05, 0.1) is 0 Å². The van der Waals surface area contributed by atoms with Gasteiger partial charge in [-0.2, -0.15) is 13.2 Å². The molecule has 0 aliphatic carbocycles. The summed E-state index contributed by atoms with van der Waals surface area (Å²) in [5.74, 6) is -3.64. The maximum Gasteiger partial charge on any atom is 0.471 e. The van der Waals surface area contributed by atoms with E-state index in [9.17, 15) is 27.6 Å². The van der Waals surface area contributed by atoms with Crippen molar-refractivity contribution in [2.45, 2.75) is 12.7 Å². The monoisotopic (exact) mass is 264 g/mol. The van der Waals surface area contributed by atoms with Gasteiger partial charge in [-0.3, -0.25) is 14.4 Å². The van der Waals surface area contributed by atoms with Crippen LogP contribution in [0.1, 0.15) is 0 Å². The second kappa shape index (κ2) is 4.90. The Morgan fingerprint density at radius 1 is 1.39 bits per heavy atom. The average molecular weight is 264 g/mol. The summed E-state index contributed by atoms with van der Waals surface area (Å²) in [7, 11) is 0. The fourth-order valence-electron chi connectivity index (χ4n) is 1.10. The number of alkyl halides is 3. The van der Waals surface area contributed by atoms with Crippen LogP contribution in [0.4, 0.5) is 18.9 Å². The Hall–Kier alpha value is -2.32. The zero-order chi connectivity index (χ0) is 13.9. The lowest BCUT2D eigenvalue weighted by Crippen LogP contribution is -2.34. The van der Waals surface area contributed by atoms with E-state index in [0.717, 1.165) is 18.3 Å². The third-order valence-corrected chi connectivity index (χ3v) is 1.83. The van der Waals surface area contributed by atoms with E-state index in [4.69, 9.17) is 5.11 Å². The predicted octanol–water partition coefficient (Wildman–Crippen LogP) is 0.434. The highest BCUT2D eigenvalue weighted by Gasteiger charge is 2.39. The lowest BCUT2D eigenvalue weighted by atomic mass is 10.4. The van der Waals surface area contributed by atoms with Crippen LogP contribution in [0.25, 0.3) is 0 Å². The van der Waals surface area contributed by atoms with Crippen LogP contribution >= 0.6 is 0 Å². The number of carbonyl (C=O) groups excluding carboxylic acids is 1. The molecule has 0 spiro atoms. The van der Waals surface area contributed by atoms with E-state index >= 15 is 0 Å². The number of pyridine rings is 1. The number of halogens is 3. The molecule has 0 bridgehead atoms. The Labute approximate surface area is 97.6 Å². The van der Waals surface area contributed by atoms with Gasteiger partial charge in [-0.1, -0.05) is 0 Å². The molecule has 1 amide bonds. The molecule has 1 aromatic rings. The third-order valence-electron chi connectivity index (χ3n) is 1.83. The number of carbonyl (C=O) groups is 2. The minimum atomic E-state index is -5.13. The molecule has 2 N–H and O–H groups in total. The van der Waals surface area contributed by atoms with Crippen molar-refractivity contribution >= 4 is 17.6 Å². The molecule has 0 fully saturated rings. The number of carboxylic acid groups (broad SMARTS) is 1. The van der Waals surface area contributed by atoms with Crippen molar-refractivity contribution in [3.05, 3.63) is 28.7 Å². The van der Waals surface area contributed by atoms with Gasteiger partial charge < -0.3 is 15.0 Å². The second-order valence-electron chi connectivity index (χ2n) is 3.20. The molecule has 18 heavy (non-hydrogen) atoms. The summed E-state index contributed by atoms with van der Waals surface area (Å²) in [5, 5.41) is 9.84. The lowest BCUT2D eigenvalue weighted by molar-refractivity contribution is -0.167. The number of amides is 1. The number of anilines is 1. The summed E-state index contributed by atoms with van der Waals surface area (Å²) in [4.78, 5) is 32.5. The highest BCUT2D eigenvalue weighted by Crippen LogP contribution is 2.16. The SMILES string of the molecule is O=C(O)Cn1cccc(NC(=O)C(F)(F)F)c1=O. The number of aliphatic carboxylic acids is 1. The van der Waals surface area contributed by atoms with Crippen molar-refractivity contribution in [1.29, 1.82) is 0 Å². The number of rotatable bonds is 3. The van der Waals surface area contributed by atoms with E-state index in [1.165, 1.54) is 5.32 Å². The van der Waals surface area contributed by atoms with Gasteiger partial charge in [0.1, 0.15) is 12.2 Å². The summed E-state index contributed by atoms with van der Waals surface area (Å²) in [6, 6.07) is 2.10. The molecular formula is C9H7F3N2O4. The third kappa shape index (κ3) is 3.34. The molecule has 9 heteroatoms. The van der Waals surface area contributed by atoms with Crippen molar-refractivity contribution < 1.29 is 27.9 Å². The molecule has 1 rings (SSSR count). The molecule has 0 aliphatic heterocycles. The summed E-state index contributed by atoms with van der Waals surface area (Å²) in [5.41, 5.74) is -1.67. The molecule has 0 saturated carbocycles.